The smallest absolute Gasteiger partial charge is 0.210 e. The molecule has 1 N–H and O–H groups in total. The topological polar surface area (TPSA) is 37.5 Å². The second-order valence-corrected chi connectivity index (χ2v) is 5.67. The van der Waals surface area contributed by atoms with Crippen LogP contribution >= 0.6 is 23.6 Å². The van der Waals surface area contributed by atoms with E-state index in [1.807, 2.05) is 36.6 Å². The fourth-order valence-corrected chi connectivity index (χ4v) is 3.03. The van der Waals surface area contributed by atoms with E-state index in [0.29, 0.717) is 3.95 Å². The molecule has 1 aliphatic heterocycles. The summed E-state index contributed by atoms with van der Waals surface area (Å²) in [4.78, 5) is 5.10. The maximum atomic E-state index is 9.94. The van der Waals surface area contributed by atoms with Crippen molar-refractivity contribution >= 4 is 47.1 Å². The molecule has 0 saturated carbocycles. The largest absolute Gasteiger partial charge is 0.493 e. The van der Waals surface area contributed by atoms with Crippen LogP contribution in [0.3, 0.4) is 0 Å². The second-order valence-electron chi connectivity index (χ2n) is 3.99. The number of allylic oxidation sites excluding steroid dienone is 1. The number of fused-ring (bicyclic) bond motifs is 1. The van der Waals surface area contributed by atoms with Gasteiger partial charge in [0.05, 0.1) is 10.6 Å². The summed E-state index contributed by atoms with van der Waals surface area (Å²) in [5.74, 6) is 0.204. The van der Waals surface area contributed by atoms with Gasteiger partial charge in [0.15, 0.2) is 3.95 Å². The normalized spacial score (nSPS) is 15.3. The van der Waals surface area contributed by atoms with Gasteiger partial charge in [0, 0.05) is 24.4 Å². The third kappa shape index (κ3) is 1.72. The number of aliphatic imine (C=N–C) groups is 1. The van der Waals surface area contributed by atoms with Crippen molar-refractivity contribution in [1.82, 2.24) is 4.57 Å². The van der Waals surface area contributed by atoms with Crippen LogP contribution in [-0.4, -0.2) is 15.9 Å². The van der Waals surface area contributed by atoms with Crippen LogP contribution in [0.1, 0.15) is 10.4 Å². The third-order valence-corrected chi connectivity index (χ3v) is 4.35. The van der Waals surface area contributed by atoms with E-state index in [9.17, 15) is 5.11 Å². The Morgan fingerprint density at radius 3 is 2.89 bits per heavy atom. The first kappa shape index (κ1) is 11.4. The Labute approximate surface area is 113 Å². The minimum Gasteiger partial charge on any atom is -0.493 e. The lowest BCUT2D eigenvalue weighted by atomic mass is 10.1. The van der Waals surface area contributed by atoms with E-state index < -0.39 is 0 Å². The number of thiazole rings is 1. The predicted octanol–water partition coefficient (Wildman–Crippen LogP) is 3.78. The lowest BCUT2D eigenvalue weighted by Crippen LogP contribution is -1.85. The van der Waals surface area contributed by atoms with Crippen molar-refractivity contribution in [2.24, 2.45) is 12.0 Å². The molecule has 0 fully saturated rings. The second kappa shape index (κ2) is 4.19. The summed E-state index contributed by atoms with van der Waals surface area (Å²) in [7, 11) is 1.76. The molecule has 0 saturated heterocycles. The molecule has 1 aromatic carbocycles. The van der Waals surface area contributed by atoms with Crippen LogP contribution in [0, 0.1) is 3.95 Å². The molecule has 18 heavy (non-hydrogen) atoms. The fraction of sp³-hybridized carbons (Fsp3) is 0.0769. The van der Waals surface area contributed by atoms with Gasteiger partial charge in [0.1, 0.15) is 0 Å². The van der Waals surface area contributed by atoms with Crippen LogP contribution in [0.5, 0.6) is 5.88 Å². The molecule has 1 aromatic heterocycles. The van der Waals surface area contributed by atoms with Gasteiger partial charge in [-0.2, -0.15) is 0 Å². The minimum atomic E-state index is 0.204. The van der Waals surface area contributed by atoms with Gasteiger partial charge in [-0.15, -0.1) is 11.3 Å². The van der Waals surface area contributed by atoms with Crippen LogP contribution in [0.4, 0.5) is 5.69 Å². The van der Waals surface area contributed by atoms with Crippen molar-refractivity contribution in [3.63, 3.8) is 0 Å². The van der Waals surface area contributed by atoms with E-state index in [1.165, 1.54) is 11.3 Å². The molecule has 0 spiro atoms. The lowest BCUT2D eigenvalue weighted by molar-refractivity contribution is 0.430. The van der Waals surface area contributed by atoms with Crippen LogP contribution in [0.2, 0.25) is 0 Å². The van der Waals surface area contributed by atoms with Gasteiger partial charge in [0.2, 0.25) is 5.88 Å². The van der Waals surface area contributed by atoms with Crippen molar-refractivity contribution in [2.45, 2.75) is 0 Å². The van der Waals surface area contributed by atoms with Crippen LogP contribution < -0.4 is 0 Å². The van der Waals surface area contributed by atoms with Gasteiger partial charge in [-0.05, 0) is 24.4 Å². The zero-order valence-corrected chi connectivity index (χ0v) is 11.3. The fourth-order valence-electron chi connectivity index (χ4n) is 1.85. The van der Waals surface area contributed by atoms with Gasteiger partial charge in [0.25, 0.3) is 0 Å². The lowest BCUT2D eigenvalue weighted by Gasteiger charge is -1.98. The summed E-state index contributed by atoms with van der Waals surface area (Å²) < 4.78 is 2.26. The van der Waals surface area contributed by atoms with Gasteiger partial charge in [-0.3, -0.25) is 9.56 Å². The number of hydrogen-bond acceptors (Lipinski definition) is 4. The van der Waals surface area contributed by atoms with Gasteiger partial charge in [-0.25, -0.2) is 0 Å². The molecule has 0 aliphatic carbocycles. The van der Waals surface area contributed by atoms with E-state index in [-0.39, 0.29) is 5.88 Å². The molecule has 0 amide bonds. The Bertz CT molecular complexity index is 738. The quantitative estimate of drug-likeness (QED) is 0.804. The van der Waals surface area contributed by atoms with Crippen molar-refractivity contribution < 1.29 is 5.11 Å². The number of aromatic hydroxyl groups is 1. The summed E-state index contributed by atoms with van der Waals surface area (Å²) in [5.41, 5.74) is 3.04. The number of para-hydroxylation sites is 1. The highest BCUT2D eigenvalue weighted by atomic mass is 32.1. The highest BCUT2D eigenvalue weighted by Gasteiger charge is 2.13. The van der Waals surface area contributed by atoms with Crippen LogP contribution in [0.25, 0.3) is 11.6 Å². The summed E-state index contributed by atoms with van der Waals surface area (Å²) in [6.45, 7) is 0. The molecular weight excluding hydrogens is 264 g/mol. The van der Waals surface area contributed by atoms with Gasteiger partial charge in [-0.1, -0.05) is 18.2 Å². The van der Waals surface area contributed by atoms with Gasteiger partial charge >= 0.3 is 0 Å². The molecular formula is C13H10N2OS2. The number of benzene rings is 1. The Morgan fingerprint density at radius 1 is 1.39 bits per heavy atom. The molecule has 1 aliphatic rings. The molecule has 0 unspecified atom stereocenters. The number of aromatic nitrogens is 1. The maximum absolute atomic E-state index is 9.94. The molecule has 90 valence electrons. The summed E-state index contributed by atoms with van der Waals surface area (Å²) in [5, 5.41) is 9.94. The number of hydrogen-bond donors (Lipinski definition) is 1. The third-order valence-electron chi connectivity index (χ3n) is 2.85. The van der Waals surface area contributed by atoms with E-state index in [0.717, 1.165) is 21.7 Å². The molecule has 3 nitrogen and oxygen atoms in total. The maximum Gasteiger partial charge on any atom is 0.210 e. The zero-order valence-electron chi connectivity index (χ0n) is 9.62. The molecule has 0 bridgehead atoms. The first-order valence-corrected chi connectivity index (χ1v) is 6.63. The first-order valence-electron chi connectivity index (χ1n) is 5.41. The summed E-state index contributed by atoms with van der Waals surface area (Å²) in [6.07, 6.45) is 3.73. The predicted molar refractivity (Wildman–Crippen MR) is 78.3 cm³/mol. The summed E-state index contributed by atoms with van der Waals surface area (Å²) in [6, 6.07) is 7.93. The van der Waals surface area contributed by atoms with Crippen molar-refractivity contribution in [3.05, 3.63) is 38.7 Å². The zero-order chi connectivity index (χ0) is 12.7. The van der Waals surface area contributed by atoms with Crippen molar-refractivity contribution in [3.8, 4) is 5.88 Å². The molecule has 3 rings (SSSR count). The standard InChI is InChI=1S/C13H10N2OS2/c1-15-12(16)11(18-13(15)17)6-8-7-14-10-5-3-2-4-9(8)10/h2-7,16H,1H3/b8-6+. The molecule has 2 aromatic rings. The average molecular weight is 274 g/mol. The van der Waals surface area contributed by atoms with E-state index in [4.69, 9.17) is 12.2 Å². The molecule has 0 radical (unpaired) electrons. The molecule has 0 atom stereocenters. The Morgan fingerprint density at radius 2 is 2.17 bits per heavy atom. The Kier molecular flexibility index (Phi) is 2.65. The number of nitrogens with zero attached hydrogens (tertiary/aromatic N) is 2. The molecule has 5 heteroatoms. The molecule has 2 heterocycles. The van der Waals surface area contributed by atoms with Crippen LogP contribution in [-0.2, 0) is 7.05 Å². The SMILES string of the molecule is Cn1c(O)c(/C=C2\C=Nc3ccccc32)sc1=S. The summed E-state index contributed by atoms with van der Waals surface area (Å²) >= 11 is 6.53. The number of rotatable bonds is 1. The average Bonchev–Trinajstić information content (AvgIpc) is 2.89. The van der Waals surface area contributed by atoms with Gasteiger partial charge < -0.3 is 5.11 Å². The minimum absolute atomic E-state index is 0.204. The highest BCUT2D eigenvalue weighted by Crippen LogP contribution is 2.35. The van der Waals surface area contributed by atoms with Crippen molar-refractivity contribution in [2.75, 3.05) is 0 Å². The van der Waals surface area contributed by atoms with E-state index in [1.54, 1.807) is 11.6 Å². The highest BCUT2D eigenvalue weighted by molar-refractivity contribution is 7.73. The Hall–Kier alpha value is -1.72. The first-order chi connectivity index (χ1) is 8.66. The van der Waals surface area contributed by atoms with Crippen LogP contribution in [0.15, 0.2) is 29.3 Å². The Balaban J connectivity index is 2.12. The van der Waals surface area contributed by atoms with E-state index >= 15 is 0 Å². The van der Waals surface area contributed by atoms with Crippen molar-refractivity contribution in [1.29, 1.82) is 0 Å². The monoisotopic (exact) mass is 274 g/mol. The van der Waals surface area contributed by atoms with E-state index in [2.05, 4.69) is 4.99 Å².